The number of fused-ring (bicyclic) bond motifs is 1. The molecule has 11 heteroatoms. The zero-order valence-corrected chi connectivity index (χ0v) is 18.2. The summed E-state index contributed by atoms with van der Waals surface area (Å²) < 4.78 is 24.7. The largest absolute Gasteiger partial charge is 0.374 e. The lowest BCUT2D eigenvalue weighted by Crippen LogP contribution is -2.36. The van der Waals surface area contributed by atoms with Crippen LogP contribution in [0.25, 0.3) is 0 Å². The van der Waals surface area contributed by atoms with Crippen LogP contribution < -0.4 is 20.8 Å². The predicted molar refractivity (Wildman–Crippen MR) is 120 cm³/mol. The first-order valence-corrected chi connectivity index (χ1v) is 10.9. The Morgan fingerprint density at radius 2 is 2.00 bits per heavy atom. The molecule has 1 amide bonds. The molecule has 0 aliphatic carbocycles. The molecule has 0 fully saturated rings. The number of benzene rings is 2. The first-order valence-electron chi connectivity index (χ1n) is 8.18. The highest BCUT2D eigenvalue weighted by atomic mass is 79.9. The number of thiocarbonyl (C=S) groups is 1. The van der Waals surface area contributed by atoms with Crippen LogP contribution >= 0.6 is 28.1 Å². The lowest BCUT2D eigenvalue weighted by molar-refractivity contribution is -0.112. The number of hydrogen-bond acceptors (Lipinski definition) is 5. The number of halogens is 1. The van der Waals surface area contributed by atoms with E-state index in [0.717, 1.165) is 9.48 Å². The van der Waals surface area contributed by atoms with E-state index in [9.17, 15) is 13.2 Å². The van der Waals surface area contributed by atoms with Gasteiger partial charge in [0.05, 0.1) is 11.4 Å². The van der Waals surface area contributed by atoms with E-state index < -0.39 is 15.9 Å². The number of amides is 1. The van der Waals surface area contributed by atoms with Crippen molar-refractivity contribution in [1.29, 1.82) is 0 Å². The van der Waals surface area contributed by atoms with Gasteiger partial charge in [-0.15, -0.1) is 6.58 Å². The molecular weight excluding hydrogens is 478 g/mol. The average Bonchev–Trinajstić information content (AvgIpc) is 2.90. The van der Waals surface area contributed by atoms with Crippen LogP contribution in [0.4, 0.5) is 11.4 Å². The standard InChI is InChI=1S/C18H16BrN5O3S2/c1-2-9-23-13-8-7-11(19)10-12(13)16(17(23)25)22-24(18(20)28)14-5-3-4-6-15(14)29(21,26)27/h2-8,10H,1,9H2,(H2,20,28)(H2,21,26,27)/b22-16-. The van der Waals surface area contributed by atoms with Gasteiger partial charge in [-0.05, 0) is 42.5 Å². The maximum Gasteiger partial charge on any atom is 0.279 e. The third-order valence-electron chi connectivity index (χ3n) is 4.07. The molecule has 0 bridgehead atoms. The molecule has 1 aliphatic heterocycles. The van der Waals surface area contributed by atoms with E-state index in [2.05, 4.69) is 27.6 Å². The lowest BCUT2D eigenvalue weighted by atomic mass is 10.1. The van der Waals surface area contributed by atoms with Crippen LogP contribution in [-0.4, -0.2) is 31.7 Å². The van der Waals surface area contributed by atoms with Crippen molar-refractivity contribution in [1.82, 2.24) is 0 Å². The molecule has 2 aromatic rings. The molecule has 3 rings (SSSR count). The van der Waals surface area contributed by atoms with Crippen molar-refractivity contribution in [2.24, 2.45) is 16.0 Å². The SMILES string of the molecule is C=CCN1C(=O)/C(=N\N(C(N)=S)c2ccccc2S(N)(=O)=O)c2cc(Br)ccc21. The quantitative estimate of drug-likeness (QED) is 0.373. The molecular formula is C18H16BrN5O3S2. The first kappa shape index (κ1) is 21.1. The van der Waals surface area contributed by atoms with Gasteiger partial charge in [-0.1, -0.05) is 34.1 Å². The summed E-state index contributed by atoms with van der Waals surface area (Å²) in [7, 11) is -4.09. The number of sulfonamides is 1. The monoisotopic (exact) mass is 493 g/mol. The zero-order valence-electron chi connectivity index (χ0n) is 14.9. The van der Waals surface area contributed by atoms with Crippen LogP contribution in [-0.2, 0) is 14.8 Å². The molecule has 0 saturated carbocycles. The Labute approximate surface area is 181 Å². The van der Waals surface area contributed by atoms with Crippen LogP contribution in [0.2, 0.25) is 0 Å². The van der Waals surface area contributed by atoms with E-state index in [1.165, 1.54) is 23.1 Å². The Kier molecular flexibility index (Phi) is 5.85. The number of anilines is 2. The number of hydrazone groups is 1. The van der Waals surface area contributed by atoms with Crippen LogP contribution in [0, 0.1) is 0 Å². The molecule has 0 radical (unpaired) electrons. The fourth-order valence-corrected chi connectivity index (χ4v) is 4.10. The number of nitrogens with two attached hydrogens (primary N) is 2. The topological polar surface area (TPSA) is 122 Å². The first-order chi connectivity index (χ1) is 13.6. The van der Waals surface area contributed by atoms with Gasteiger partial charge in [0.1, 0.15) is 4.90 Å². The van der Waals surface area contributed by atoms with Crippen molar-refractivity contribution in [3.8, 4) is 0 Å². The fourth-order valence-electron chi connectivity index (χ4n) is 2.89. The molecule has 0 spiro atoms. The van der Waals surface area contributed by atoms with E-state index in [4.69, 9.17) is 23.1 Å². The highest BCUT2D eigenvalue weighted by Gasteiger charge is 2.35. The minimum absolute atomic E-state index is 0.0431. The van der Waals surface area contributed by atoms with Gasteiger partial charge in [0.25, 0.3) is 5.91 Å². The fraction of sp³-hybridized carbons (Fsp3) is 0.0556. The number of hydrogen-bond donors (Lipinski definition) is 2. The van der Waals surface area contributed by atoms with E-state index in [1.807, 2.05) is 0 Å². The third kappa shape index (κ3) is 4.08. The predicted octanol–water partition coefficient (Wildman–Crippen LogP) is 2.08. The number of para-hydroxylation sites is 1. The molecule has 150 valence electrons. The minimum atomic E-state index is -4.09. The second-order valence-electron chi connectivity index (χ2n) is 5.98. The van der Waals surface area contributed by atoms with E-state index in [-0.39, 0.29) is 28.0 Å². The summed E-state index contributed by atoms with van der Waals surface area (Å²) in [6.07, 6.45) is 1.59. The van der Waals surface area contributed by atoms with Crippen molar-refractivity contribution in [2.45, 2.75) is 4.90 Å². The molecule has 1 aliphatic rings. The Morgan fingerprint density at radius 1 is 1.31 bits per heavy atom. The summed E-state index contributed by atoms with van der Waals surface area (Å²) >= 11 is 8.45. The van der Waals surface area contributed by atoms with Crippen LogP contribution in [0.3, 0.4) is 0 Å². The van der Waals surface area contributed by atoms with Crippen molar-refractivity contribution in [3.63, 3.8) is 0 Å². The molecule has 8 nitrogen and oxygen atoms in total. The van der Waals surface area contributed by atoms with Crippen molar-refractivity contribution in [3.05, 3.63) is 65.2 Å². The number of carbonyl (C=O) groups excluding carboxylic acids is 1. The van der Waals surface area contributed by atoms with Crippen LogP contribution in [0.15, 0.2) is 69.6 Å². The van der Waals surface area contributed by atoms with E-state index in [1.54, 1.807) is 30.3 Å². The number of carbonyl (C=O) groups is 1. The smallest absolute Gasteiger partial charge is 0.279 e. The third-order valence-corrected chi connectivity index (χ3v) is 5.70. The molecule has 1 heterocycles. The number of rotatable bonds is 5. The molecule has 0 unspecified atom stereocenters. The summed E-state index contributed by atoms with van der Waals surface area (Å²) in [4.78, 5) is 14.3. The van der Waals surface area contributed by atoms with Crippen molar-refractivity contribution >= 4 is 66.3 Å². The zero-order chi connectivity index (χ0) is 21.3. The lowest BCUT2D eigenvalue weighted by Gasteiger charge is -2.20. The highest BCUT2D eigenvalue weighted by Crippen LogP contribution is 2.33. The van der Waals surface area contributed by atoms with Gasteiger partial charge in [0, 0.05) is 16.6 Å². The Bertz CT molecular complexity index is 1160. The Balaban J connectivity index is 2.22. The Hall–Kier alpha value is -2.60. The highest BCUT2D eigenvalue weighted by molar-refractivity contribution is 9.10. The van der Waals surface area contributed by atoms with Gasteiger partial charge < -0.3 is 10.6 Å². The van der Waals surface area contributed by atoms with Crippen LogP contribution in [0.1, 0.15) is 5.56 Å². The summed E-state index contributed by atoms with van der Waals surface area (Å²) in [6, 6.07) is 11.2. The van der Waals surface area contributed by atoms with Gasteiger partial charge in [0.15, 0.2) is 10.8 Å². The van der Waals surface area contributed by atoms with Crippen molar-refractivity contribution in [2.75, 3.05) is 16.5 Å². The summed E-state index contributed by atoms with van der Waals surface area (Å²) in [6.45, 7) is 3.95. The molecule has 4 N–H and O–H groups in total. The Morgan fingerprint density at radius 3 is 2.62 bits per heavy atom. The van der Waals surface area contributed by atoms with Gasteiger partial charge >= 0.3 is 0 Å². The molecule has 2 aromatic carbocycles. The molecule has 29 heavy (non-hydrogen) atoms. The van der Waals surface area contributed by atoms with Gasteiger partial charge in [-0.2, -0.15) is 5.10 Å². The molecule has 0 aromatic heterocycles. The number of primary sulfonamides is 1. The normalized spacial score (nSPS) is 14.8. The maximum atomic E-state index is 13.0. The average molecular weight is 494 g/mol. The second kappa shape index (κ2) is 8.03. The van der Waals surface area contributed by atoms with Gasteiger partial charge in [-0.3, -0.25) is 4.79 Å². The van der Waals surface area contributed by atoms with E-state index >= 15 is 0 Å². The maximum absolute atomic E-state index is 13.0. The van der Waals surface area contributed by atoms with Crippen LogP contribution in [0.5, 0.6) is 0 Å². The second-order valence-corrected chi connectivity index (χ2v) is 8.84. The van der Waals surface area contributed by atoms with Gasteiger partial charge in [-0.25, -0.2) is 18.6 Å². The molecule has 0 atom stereocenters. The van der Waals surface area contributed by atoms with E-state index in [0.29, 0.717) is 11.3 Å². The van der Waals surface area contributed by atoms with Crippen molar-refractivity contribution < 1.29 is 13.2 Å². The summed E-state index contributed by atoms with van der Waals surface area (Å²) in [5.74, 6) is -0.396. The van der Waals surface area contributed by atoms with Gasteiger partial charge in [0.2, 0.25) is 10.0 Å². The summed E-state index contributed by atoms with van der Waals surface area (Å²) in [5, 5.41) is 10.4. The number of nitrogens with zero attached hydrogens (tertiary/aromatic N) is 3. The molecule has 0 saturated heterocycles. The summed E-state index contributed by atoms with van der Waals surface area (Å²) in [5.41, 5.74) is 7.09. The minimum Gasteiger partial charge on any atom is -0.374 e.